The zero-order chi connectivity index (χ0) is 20.2. The standard InChI is InChI=1S/C22H19N5O2/c1-27-21(29)26-20(28)22(27)10-15-8-17-18(9-16(15)11-22)25-19(24-17)6-5-13-3-2-4-14(7-13)12-23/h2-4,7-9H,5-6,10-11H2,1H3,(H,24,25)(H,26,28,29). The first-order chi connectivity index (χ1) is 14.0. The van der Waals surface area contributed by atoms with E-state index in [1.807, 2.05) is 24.3 Å². The summed E-state index contributed by atoms with van der Waals surface area (Å²) < 4.78 is 0. The number of nitrogens with zero attached hydrogens (tertiary/aromatic N) is 3. The van der Waals surface area contributed by atoms with Crippen LogP contribution in [-0.2, 0) is 30.5 Å². The van der Waals surface area contributed by atoms with Crippen LogP contribution in [0.25, 0.3) is 11.0 Å². The SMILES string of the molecule is CN1C(=O)NC(=O)C12Cc1cc3nc(CCc4cccc(C#N)c4)[nH]c3cc1C2. The predicted octanol–water partition coefficient (Wildman–Crippen LogP) is 2.24. The highest BCUT2D eigenvalue weighted by Crippen LogP contribution is 2.38. The van der Waals surface area contributed by atoms with E-state index in [4.69, 9.17) is 10.2 Å². The average molecular weight is 385 g/mol. The number of rotatable bonds is 3. The lowest BCUT2D eigenvalue weighted by Gasteiger charge is -2.27. The third-order valence-corrected chi connectivity index (χ3v) is 6.11. The smallest absolute Gasteiger partial charge is 0.324 e. The molecule has 1 aliphatic carbocycles. The number of benzene rings is 2. The maximum Gasteiger partial charge on any atom is 0.324 e. The summed E-state index contributed by atoms with van der Waals surface area (Å²) in [5.74, 6) is 0.671. The molecule has 1 saturated heterocycles. The molecule has 1 spiro atoms. The lowest BCUT2D eigenvalue weighted by Crippen LogP contribution is -2.48. The van der Waals surface area contributed by atoms with Crippen molar-refractivity contribution in [2.45, 2.75) is 31.2 Å². The van der Waals surface area contributed by atoms with Gasteiger partial charge in [0.25, 0.3) is 5.91 Å². The number of fused-ring (bicyclic) bond motifs is 2. The van der Waals surface area contributed by atoms with Gasteiger partial charge in [-0.2, -0.15) is 5.26 Å². The van der Waals surface area contributed by atoms with E-state index in [1.165, 1.54) is 4.90 Å². The van der Waals surface area contributed by atoms with E-state index in [2.05, 4.69) is 22.4 Å². The van der Waals surface area contributed by atoms with Crippen LogP contribution in [0.15, 0.2) is 36.4 Å². The number of imidazole rings is 1. The van der Waals surface area contributed by atoms with Gasteiger partial charge in [0, 0.05) is 26.3 Å². The minimum Gasteiger partial charge on any atom is -0.342 e. The van der Waals surface area contributed by atoms with Crippen molar-refractivity contribution >= 4 is 23.0 Å². The summed E-state index contributed by atoms with van der Waals surface area (Å²) in [6.07, 6.45) is 2.57. The maximum absolute atomic E-state index is 12.4. The summed E-state index contributed by atoms with van der Waals surface area (Å²) in [5, 5.41) is 11.5. The van der Waals surface area contributed by atoms with Gasteiger partial charge >= 0.3 is 6.03 Å². The third kappa shape index (κ3) is 2.68. The Morgan fingerprint density at radius 3 is 2.69 bits per heavy atom. The zero-order valence-electron chi connectivity index (χ0n) is 16.0. The molecular weight excluding hydrogens is 366 g/mol. The Bertz CT molecular complexity index is 1180. The van der Waals surface area contributed by atoms with Gasteiger partial charge in [-0.1, -0.05) is 12.1 Å². The number of nitrogens with one attached hydrogen (secondary N) is 2. The van der Waals surface area contributed by atoms with Gasteiger partial charge < -0.3 is 9.88 Å². The van der Waals surface area contributed by atoms with Crippen molar-refractivity contribution < 1.29 is 9.59 Å². The lowest BCUT2D eigenvalue weighted by atomic mass is 9.95. The molecule has 2 N–H and O–H groups in total. The molecule has 3 aromatic rings. The van der Waals surface area contributed by atoms with Crippen molar-refractivity contribution in [1.82, 2.24) is 20.2 Å². The van der Waals surface area contributed by atoms with Crippen molar-refractivity contribution in [1.29, 1.82) is 5.26 Å². The minimum atomic E-state index is -0.813. The van der Waals surface area contributed by atoms with Crippen LogP contribution in [0.1, 0.15) is 28.1 Å². The number of likely N-dealkylation sites (N-methyl/N-ethyl adjacent to an activating group) is 1. The molecule has 2 heterocycles. The van der Waals surface area contributed by atoms with E-state index >= 15 is 0 Å². The first-order valence-electron chi connectivity index (χ1n) is 9.57. The molecule has 1 atom stereocenters. The van der Waals surface area contributed by atoms with Gasteiger partial charge in [-0.3, -0.25) is 10.1 Å². The monoisotopic (exact) mass is 385 g/mol. The number of aryl methyl sites for hydroxylation is 2. The summed E-state index contributed by atoms with van der Waals surface area (Å²) in [6.45, 7) is 0. The number of nitriles is 1. The molecule has 2 aliphatic rings. The van der Waals surface area contributed by atoms with Crippen molar-refractivity contribution in [3.05, 3.63) is 64.5 Å². The Hall–Kier alpha value is -3.66. The van der Waals surface area contributed by atoms with Crippen molar-refractivity contribution in [3.63, 3.8) is 0 Å². The molecule has 5 rings (SSSR count). The number of urea groups is 1. The number of carbonyl (C=O) groups is 2. The number of aromatic amines is 1. The van der Waals surface area contributed by atoms with E-state index in [1.54, 1.807) is 13.1 Å². The van der Waals surface area contributed by atoms with Crippen LogP contribution in [0.5, 0.6) is 0 Å². The van der Waals surface area contributed by atoms with Crippen LogP contribution in [0.2, 0.25) is 0 Å². The second-order valence-electron chi connectivity index (χ2n) is 7.84. The van der Waals surface area contributed by atoms with Crippen LogP contribution >= 0.6 is 0 Å². The van der Waals surface area contributed by atoms with Crippen LogP contribution in [0, 0.1) is 11.3 Å². The fourth-order valence-electron chi connectivity index (χ4n) is 4.44. The Morgan fingerprint density at radius 1 is 1.17 bits per heavy atom. The Morgan fingerprint density at radius 2 is 1.97 bits per heavy atom. The summed E-state index contributed by atoms with van der Waals surface area (Å²) >= 11 is 0. The third-order valence-electron chi connectivity index (χ3n) is 6.11. The van der Waals surface area contributed by atoms with Gasteiger partial charge in [-0.15, -0.1) is 0 Å². The summed E-state index contributed by atoms with van der Waals surface area (Å²) in [6, 6.07) is 13.5. The minimum absolute atomic E-state index is 0.224. The normalized spacial score (nSPS) is 17.0. The lowest BCUT2D eigenvalue weighted by molar-refractivity contribution is -0.125. The molecule has 3 amide bonds. The molecule has 0 saturated carbocycles. The topological polar surface area (TPSA) is 102 Å². The summed E-state index contributed by atoms with van der Waals surface area (Å²) in [7, 11) is 1.68. The van der Waals surface area contributed by atoms with Crippen LogP contribution in [-0.4, -0.2) is 39.4 Å². The van der Waals surface area contributed by atoms with E-state index in [0.29, 0.717) is 18.4 Å². The van der Waals surface area contributed by atoms with Gasteiger partial charge in [0.2, 0.25) is 0 Å². The van der Waals surface area contributed by atoms with E-state index in [0.717, 1.165) is 46.4 Å². The molecule has 1 fully saturated rings. The summed E-state index contributed by atoms with van der Waals surface area (Å²) in [5.41, 5.74) is 4.90. The molecule has 7 nitrogen and oxygen atoms in total. The Labute approximate surface area is 167 Å². The molecule has 1 aromatic heterocycles. The molecule has 0 radical (unpaired) electrons. The second-order valence-corrected chi connectivity index (χ2v) is 7.84. The van der Waals surface area contributed by atoms with Crippen LogP contribution < -0.4 is 5.32 Å². The van der Waals surface area contributed by atoms with Gasteiger partial charge in [-0.25, -0.2) is 9.78 Å². The van der Waals surface area contributed by atoms with Crippen molar-refractivity contribution in [2.75, 3.05) is 7.05 Å². The summed E-state index contributed by atoms with van der Waals surface area (Å²) in [4.78, 5) is 34.0. The number of hydrogen-bond donors (Lipinski definition) is 2. The van der Waals surface area contributed by atoms with E-state index in [-0.39, 0.29) is 11.9 Å². The van der Waals surface area contributed by atoms with Crippen molar-refractivity contribution in [2.24, 2.45) is 0 Å². The fraction of sp³-hybridized carbons (Fsp3) is 0.273. The van der Waals surface area contributed by atoms with Crippen LogP contribution in [0.3, 0.4) is 0 Å². The van der Waals surface area contributed by atoms with Gasteiger partial charge in [0.15, 0.2) is 0 Å². The fourth-order valence-corrected chi connectivity index (χ4v) is 4.44. The van der Waals surface area contributed by atoms with Crippen molar-refractivity contribution in [3.8, 4) is 6.07 Å². The zero-order valence-corrected chi connectivity index (χ0v) is 16.0. The average Bonchev–Trinajstić information content (AvgIpc) is 3.35. The molecule has 2 aromatic carbocycles. The molecule has 7 heteroatoms. The maximum atomic E-state index is 12.4. The van der Waals surface area contributed by atoms with Gasteiger partial charge in [0.05, 0.1) is 22.7 Å². The highest BCUT2D eigenvalue weighted by atomic mass is 16.2. The first-order valence-corrected chi connectivity index (χ1v) is 9.57. The number of carbonyl (C=O) groups excluding carboxylic acids is 2. The molecule has 144 valence electrons. The number of H-pyrrole nitrogens is 1. The number of aromatic nitrogens is 2. The van der Waals surface area contributed by atoms with E-state index in [9.17, 15) is 9.59 Å². The molecule has 1 aliphatic heterocycles. The second kappa shape index (κ2) is 6.17. The predicted molar refractivity (Wildman–Crippen MR) is 106 cm³/mol. The first kappa shape index (κ1) is 17.4. The number of amides is 3. The van der Waals surface area contributed by atoms with Gasteiger partial charge in [0.1, 0.15) is 11.4 Å². The molecule has 29 heavy (non-hydrogen) atoms. The van der Waals surface area contributed by atoms with Crippen LogP contribution in [0.4, 0.5) is 4.79 Å². The molecule has 0 bridgehead atoms. The number of imide groups is 1. The Balaban J connectivity index is 1.38. The molecule has 1 unspecified atom stereocenters. The van der Waals surface area contributed by atoms with E-state index < -0.39 is 5.54 Å². The quantitative estimate of drug-likeness (QED) is 0.675. The Kier molecular flexibility index (Phi) is 3.71. The largest absolute Gasteiger partial charge is 0.342 e. The van der Waals surface area contributed by atoms with Gasteiger partial charge in [-0.05, 0) is 47.4 Å². The highest BCUT2D eigenvalue weighted by Gasteiger charge is 2.54. The number of hydrogen-bond acceptors (Lipinski definition) is 4. The molecular formula is C22H19N5O2. The highest BCUT2D eigenvalue weighted by molar-refractivity contribution is 6.07.